The van der Waals surface area contributed by atoms with Crippen molar-refractivity contribution in [1.82, 2.24) is 10.3 Å². The topological polar surface area (TPSA) is 88.5 Å². The van der Waals surface area contributed by atoms with E-state index >= 15 is 0 Å². The van der Waals surface area contributed by atoms with Gasteiger partial charge in [-0.25, -0.2) is 22.8 Å². The fourth-order valence-corrected chi connectivity index (χ4v) is 3.16. The minimum Gasteiger partial charge on any atom is -0.478 e. The molecule has 1 aromatic heterocycles. The Morgan fingerprint density at radius 1 is 1.52 bits per heavy atom. The Kier molecular flexibility index (Phi) is 4.23. The molecule has 3 rings (SSSR count). The van der Waals surface area contributed by atoms with E-state index in [2.05, 4.69) is 10.3 Å². The van der Waals surface area contributed by atoms with Crippen LogP contribution in [0.15, 0.2) is 34.9 Å². The van der Waals surface area contributed by atoms with Crippen molar-refractivity contribution in [3.63, 3.8) is 0 Å². The van der Waals surface area contributed by atoms with Crippen molar-refractivity contribution >= 4 is 11.9 Å². The van der Waals surface area contributed by atoms with Gasteiger partial charge in [0.15, 0.2) is 0 Å². The molecule has 0 spiro atoms. The summed E-state index contributed by atoms with van der Waals surface area (Å²) in [4.78, 5) is 27.4. The first kappa shape index (κ1) is 17.0. The molecule has 0 aromatic carbocycles. The Balaban J connectivity index is 2.31. The SMILES string of the molecule is C[C@H](F)c1c(F)cncc1[C@H]1C(C(=O)O)=C(CF)NC2=C1C(=O)OC2. The average molecular weight is 354 g/mol. The summed E-state index contributed by atoms with van der Waals surface area (Å²) in [7, 11) is 0. The standard InChI is InChI=1S/C16H13F3N2O4/c1-6(18)11-7(3-20-4-8(11)19)12-13(15(22)23)9(2-17)21-10-5-25-16(24)14(10)12/h3-4,6,12,21H,2,5H2,1H3,(H,22,23)/t6-,12-/m0/s1. The van der Waals surface area contributed by atoms with Crippen molar-refractivity contribution in [2.45, 2.75) is 19.0 Å². The molecule has 2 N–H and O–H groups in total. The van der Waals surface area contributed by atoms with Crippen molar-refractivity contribution in [2.24, 2.45) is 0 Å². The number of pyridine rings is 1. The largest absolute Gasteiger partial charge is 0.478 e. The number of carbonyl (C=O) groups excluding carboxylic acids is 1. The average Bonchev–Trinajstić information content (AvgIpc) is 2.93. The fourth-order valence-electron chi connectivity index (χ4n) is 3.16. The van der Waals surface area contributed by atoms with Gasteiger partial charge in [0.25, 0.3) is 0 Å². The second-order valence-electron chi connectivity index (χ2n) is 5.60. The number of carboxylic acids is 1. The maximum absolute atomic E-state index is 14.1. The molecular weight excluding hydrogens is 341 g/mol. The summed E-state index contributed by atoms with van der Waals surface area (Å²) in [5, 5.41) is 12.1. The summed E-state index contributed by atoms with van der Waals surface area (Å²) < 4.78 is 46.4. The third-order valence-corrected chi connectivity index (χ3v) is 4.14. The van der Waals surface area contributed by atoms with E-state index in [-0.39, 0.29) is 29.1 Å². The molecule has 2 aliphatic heterocycles. The second kappa shape index (κ2) is 6.23. The van der Waals surface area contributed by atoms with E-state index in [0.29, 0.717) is 0 Å². The highest BCUT2D eigenvalue weighted by Gasteiger charge is 2.43. The van der Waals surface area contributed by atoms with Gasteiger partial charge < -0.3 is 15.2 Å². The zero-order chi connectivity index (χ0) is 18.3. The van der Waals surface area contributed by atoms with Crippen LogP contribution in [0, 0.1) is 5.82 Å². The Labute approximate surface area is 140 Å². The Bertz CT molecular complexity index is 833. The van der Waals surface area contributed by atoms with Gasteiger partial charge in [-0.05, 0) is 12.5 Å². The monoisotopic (exact) mass is 354 g/mol. The number of nitrogens with one attached hydrogen (secondary N) is 1. The number of aromatic nitrogens is 1. The van der Waals surface area contributed by atoms with Crippen molar-refractivity contribution in [3.05, 3.63) is 51.9 Å². The molecular formula is C16H13F3N2O4. The van der Waals surface area contributed by atoms with Crippen LogP contribution in [0.1, 0.15) is 30.1 Å². The molecule has 2 atom stereocenters. The number of allylic oxidation sites excluding steroid dienone is 1. The van der Waals surface area contributed by atoms with E-state index in [1.54, 1.807) is 0 Å². The lowest BCUT2D eigenvalue weighted by Crippen LogP contribution is -2.32. The molecule has 132 valence electrons. The van der Waals surface area contributed by atoms with Gasteiger partial charge in [0.05, 0.1) is 34.7 Å². The molecule has 0 amide bonds. The first-order valence-corrected chi connectivity index (χ1v) is 7.33. The molecule has 2 aliphatic rings. The number of esters is 1. The van der Waals surface area contributed by atoms with Gasteiger partial charge in [0, 0.05) is 11.8 Å². The molecule has 0 saturated heterocycles. The first-order valence-electron chi connectivity index (χ1n) is 7.33. The summed E-state index contributed by atoms with van der Waals surface area (Å²) in [5.74, 6) is -4.71. The van der Waals surface area contributed by atoms with Crippen LogP contribution in [-0.2, 0) is 14.3 Å². The summed E-state index contributed by atoms with van der Waals surface area (Å²) in [6.45, 7) is -0.290. The van der Waals surface area contributed by atoms with Crippen molar-refractivity contribution in [3.8, 4) is 0 Å². The van der Waals surface area contributed by atoms with Gasteiger partial charge >= 0.3 is 11.9 Å². The maximum atomic E-state index is 14.1. The van der Waals surface area contributed by atoms with Gasteiger partial charge in [0.1, 0.15) is 25.3 Å². The third kappa shape index (κ3) is 2.65. The number of hydrogen-bond acceptors (Lipinski definition) is 5. The number of ether oxygens (including phenoxy) is 1. The predicted octanol–water partition coefficient (Wildman–Crippen LogP) is 2.06. The molecule has 0 radical (unpaired) electrons. The Hall–Kier alpha value is -2.84. The van der Waals surface area contributed by atoms with Gasteiger partial charge in [0.2, 0.25) is 0 Å². The summed E-state index contributed by atoms with van der Waals surface area (Å²) in [5.41, 5.74) is -1.31. The minimum atomic E-state index is -1.79. The molecule has 25 heavy (non-hydrogen) atoms. The molecule has 3 heterocycles. The number of aliphatic carboxylic acids is 1. The quantitative estimate of drug-likeness (QED) is 0.805. The normalized spacial score (nSPS) is 21.0. The van der Waals surface area contributed by atoms with E-state index < -0.39 is 47.7 Å². The van der Waals surface area contributed by atoms with Crippen LogP contribution in [-0.4, -0.2) is 35.3 Å². The molecule has 1 aromatic rings. The van der Waals surface area contributed by atoms with E-state index in [4.69, 9.17) is 4.74 Å². The zero-order valence-corrected chi connectivity index (χ0v) is 13.0. The molecule has 0 saturated carbocycles. The highest BCUT2D eigenvalue weighted by molar-refractivity contribution is 6.00. The van der Waals surface area contributed by atoms with Crippen molar-refractivity contribution in [1.29, 1.82) is 0 Å². The fraction of sp³-hybridized carbons (Fsp3) is 0.312. The zero-order valence-electron chi connectivity index (χ0n) is 13.0. The molecule has 0 unspecified atom stereocenters. The smallest absolute Gasteiger partial charge is 0.337 e. The number of carbonyl (C=O) groups is 2. The number of nitrogens with zero attached hydrogens (tertiary/aromatic N) is 1. The Morgan fingerprint density at radius 2 is 2.24 bits per heavy atom. The number of dihydropyridines is 1. The summed E-state index contributed by atoms with van der Waals surface area (Å²) >= 11 is 0. The lowest BCUT2D eigenvalue weighted by Gasteiger charge is -2.28. The van der Waals surface area contributed by atoms with Crippen LogP contribution in [0.25, 0.3) is 0 Å². The van der Waals surface area contributed by atoms with E-state index in [1.165, 1.54) is 0 Å². The highest BCUT2D eigenvalue weighted by Crippen LogP contribution is 2.43. The molecule has 9 heteroatoms. The van der Waals surface area contributed by atoms with E-state index in [9.17, 15) is 27.9 Å². The maximum Gasteiger partial charge on any atom is 0.337 e. The molecule has 6 nitrogen and oxygen atoms in total. The van der Waals surface area contributed by atoms with E-state index in [1.807, 2.05) is 0 Å². The third-order valence-electron chi connectivity index (χ3n) is 4.14. The number of carboxylic acid groups (broad SMARTS) is 1. The van der Waals surface area contributed by atoms with Gasteiger partial charge in [-0.1, -0.05) is 0 Å². The second-order valence-corrected chi connectivity index (χ2v) is 5.60. The number of rotatable bonds is 4. The summed E-state index contributed by atoms with van der Waals surface area (Å²) in [6.07, 6.45) is 0.0797. The molecule has 0 fully saturated rings. The minimum absolute atomic E-state index is 0.107. The number of alkyl halides is 2. The van der Waals surface area contributed by atoms with Gasteiger partial charge in [-0.15, -0.1) is 0 Å². The number of cyclic esters (lactones) is 1. The highest BCUT2D eigenvalue weighted by atomic mass is 19.1. The van der Waals surface area contributed by atoms with Gasteiger partial charge in [-0.2, -0.15) is 0 Å². The lowest BCUT2D eigenvalue weighted by atomic mass is 9.79. The lowest BCUT2D eigenvalue weighted by molar-refractivity contribution is -0.136. The van der Waals surface area contributed by atoms with Crippen LogP contribution in [0.4, 0.5) is 13.2 Å². The predicted molar refractivity (Wildman–Crippen MR) is 78.2 cm³/mol. The van der Waals surface area contributed by atoms with Crippen LogP contribution >= 0.6 is 0 Å². The molecule has 0 bridgehead atoms. The number of hydrogen-bond donors (Lipinski definition) is 2. The molecule has 0 aliphatic carbocycles. The van der Waals surface area contributed by atoms with Crippen LogP contribution < -0.4 is 5.32 Å². The van der Waals surface area contributed by atoms with Crippen molar-refractivity contribution in [2.75, 3.05) is 13.3 Å². The first-order chi connectivity index (χ1) is 11.9. The number of halogens is 3. The van der Waals surface area contributed by atoms with Crippen LogP contribution in [0.3, 0.4) is 0 Å². The summed E-state index contributed by atoms with van der Waals surface area (Å²) in [6, 6.07) is 0. The van der Waals surface area contributed by atoms with Gasteiger partial charge in [-0.3, -0.25) is 4.98 Å². The van der Waals surface area contributed by atoms with Crippen LogP contribution in [0.5, 0.6) is 0 Å². The van der Waals surface area contributed by atoms with Crippen LogP contribution in [0.2, 0.25) is 0 Å². The van der Waals surface area contributed by atoms with E-state index in [0.717, 1.165) is 19.3 Å². The Morgan fingerprint density at radius 3 is 2.84 bits per heavy atom. The van der Waals surface area contributed by atoms with Crippen molar-refractivity contribution < 1.29 is 32.6 Å².